The summed E-state index contributed by atoms with van der Waals surface area (Å²) in [5, 5.41) is 10.5. The molecule has 1 fully saturated rings. The predicted octanol–water partition coefficient (Wildman–Crippen LogP) is 3.69. The molecule has 2 N–H and O–H groups in total. The molecule has 1 aliphatic rings. The van der Waals surface area contributed by atoms with Gasteiger partial charge in [0.1, 0.15) is 5.82 Å². The minimum Gasteiger partial charge on any atom is -0.310 e. The molecule has 4 nitrogen and oxygen atoms in total. The monoisotopic (exact) mass is 303 g/mol. The van der Waals surface area contributed by atoms with Gasteiger partial charge in [-0.25, -0.2) is 0 Å². The van der Waals surface area contributed by atoms with Gasteiger partial charge in [0, 0.05) is 10.6 Å². The molecule has 1 aliphatic carbocycles. The molecule has 1 heterocycles. The second-order valence-corrected chi connectivity index (χ2v) is 5.96. The van der Waals surface area contributed by atoms with Gasteiger partial charge in [0.25, 0.3) is 0 Å². The Balaban J connectivity index is 1.88. The molecule has 2 aromatic rings. The molecule has 5 heteroatoms. The van der Waals surface area contributed by atoms with E-state index in [4.69, 9.17) is 11.6 Å². The highest BCUT2D eigenvalue weighted by atomic mass is 35.5. The zero-order chi connectivity index (χ0) is 14.9. The van der Waals surface area contributed by atoms with Gasteiger partial charge in [0.05, 0.1) is 11.6 Å². The number of benzene rings is 1. The molecular weight excluding hydrogens is 286 g/mol. The summed E-state index contributed by atoms with van der Waals surface area (Å²) in [6, 6.07) is 7.62. The number of carbonyl (C=O) groups is 1. The van der Waals surface area contributed by atoms with Crippen molar-refractivity contribution in [3.63, 3.8) is 0 Å². The van der Waals surface area contributed by atoms with E-state index < -0.39 is 5.41 Å². The van der Waals surface area contributed by atoms with E-state index in [-0.39, 0.29) is 5.91 Å². The topological polar surface area (TPSA) is 57.8 Å². The second kappa shape index (κ2) is 5.53. The molecule has 0 saturated heterocycles. The third-order valence-corrected chi connectivity index (χ3v) is 4.59. The highest BCUT2D eigenvalue weighted by molar-refractivity contribution is 6.30. The van der Waals surface area contributed by atoms with E-state index in [1.54, 1.807) is 6.20 Å². The Labute approximate surface area is 128 Å². The molecular formula is C16H18ClN3O. The van der Waals surface area contributed by atoms with Crippen molar-refractivity contribution in [1.29, 1.82) is 0 Å². The van der Waals surface area contributed by atoms with Crippen LogP contribution in [0.2, 0.25) is 5.02 Å². The Morgan fingerprint density at radius 2 is 2.29 bits per heavy atom. The summed E-state index contributed by atoms with van der Waals surface area (Å²) in [6.45, 7) is 2.04. The lowest BCUT2D eigenvalue weighted by Gasteiger charge is -2.40. The quantitative estimate of drug-likeness (QED) is 0.905. The third kappa shape index (κ3) is 2.44. The van der Waals surface area contributed by atoms with Crippen LogP contribution in [-0.4, -0.2) is 16.1 Å². The fraction of sp³-hybridized carbons (Fsp3) is 0.375. The van der Waals surface area contributed by atoms with Crippen LogP contribution < -0.4 is 5.32 Å². The van der Waals surface area contributed by atoms with Crippen LogP contribution in [0.25, 0.3) is 0 Å². The van der Waals surface area contributed by atoms with Gasteiger partial charge in [0.2, 0.25) is 5.91 Å². The van der Waals surface area contributed by atoms with Crippen LogP contribution in [0.3, 0.4) is 0 Å². The van der Waals surface area contributed by atoms with Crippen molar-refractivity contribution >= 4 is 23.3 Å². The smallest absolute Gasteiger partial charge is 0.236 e. The average molecular weight is 304 g/mol. The van der Waals surface area contributed by atoms with Crippen LogP contribution in [0.4, 0.5) is 5.82 Å². The number of carbonyl (C=O) groups excluding carboxylic acids is 1. The molecule has 0 spiro atoms. The minimum absolute atomic E-state index is 0.0231. The van der Waals surface area contributed by atoms with E-state index in [0.29, 0.717) is 10.8 Å². The van der Waals surface area contributed by atoms with E-state index in [1.807, 2.05) is 31.2 Å². The molecule has 110 valence electrons. The highest BCUT2D eigenvalue weighted by Crippen LogP contribution is 2.45. The van der Waals surface area contributed by atoms with Crippen molar-refractivity contribution in [1.82, 2.24) is 10.2 Å². The summed E-state index contributed by atoms with van der Waals surface area (Å²) >= 11 is 6.08. The molecule has 1 aromatic carbocycles. The number of nitrogens with one attached hydrogen (secondary N) is 2. The summed E-state index contributed by atoms with van der Waals surface area (Å²) in [5.41, 5.74) is 1.56. The maximum absolute atomic E-state index is 12.8. The normalized spacial score (nSPS) is 16.3. The number of anilines is 1. The van der Waals surface area contributed by atoms with Crippen LogP contribution in [0.15, 0.2) is 30.5 Å². The van der Waals surface area contributed by atoms with Gasteiger partial charge in [-0.3, -0.25) is 9.89 Å². The van der Waals surface area contributed by atoms with Crippen LogP contribution >= 0.6 is 11.6 Å². The van der Waals surface area contributed by atoms with Crippen molar-refractivity contribution in [3.8, 4) is 0 Å². The first kappa shape index (κ1) is 14.1. The fourth-order valence-electron chi connectivity index (χ4n) is 2.88. The van der Waals surface area contributed by atoms with E-state index >= 15 is 0 Å². The molecule has 1 saturated carbocycles. The number of hydrogen-bond donors (Lipinski definition) is 2. The number of halogens is 1. The summed E-state index contributed by atoms with van der Waals surface area (Å²) < 4.78 is 0. The lowest BCUT2D eigenvalue weighted by molar-refractivity contribution is -0.124. The second-order valence-electron chi connectivity index (χ2n) is 5.52. The first-order chi connectivity index (χ1) is 10.2. The summed E-state index contributed by atoms with van der Waals surface area (Å²) in [7, 11) is 0. The summed E-state index contributed by atoms with van der Waals surface area (Å²) in [6.07, 6.45) is 5.35. The standard InChI is InChI=1S/C16H18ClN3O/c1-2-11-10-18-20-14(11)19-15(21)16(7-4-8-16)12-5-3-6-13(17)9-12/h3,5-6,9-10H,2,4,7-8H2,1H3,(H2,18,19,20,21). The summed E-state index contributed by atoms with van der Waals surface area (Å²) in [5.74, 6) is 0.728. The number of hydrogen-bond acceptors (Lipinski definition) is 2. The molecule has 0 bridgehead atoms. The van der Waals surface area contributed by atoms with Crippen LogP contribution in [0, 0.1) is 0 Å². The highest BCUT2D eigenvalue weighted by Gasteiger charge is 2.45. The number of rotatable bonds is 4. The van der Waals surface area contributed by atoms with Gasteiger partial charge >= 0.3 is 0 Å². The molecule has 1 aromatic heterocycles. The van der Waals surface area contributed by atoms with Crippen molar-refractivity contribution in [2.24, 2.45) is 0 Å². The molecule has 21 heavy (non-hydrogen) atoms. The predicted molar refractivity (Wildman–Crippen MR) is 83.6 cm³/mol. The van der Waals surface area contributed by atoms with Gasteiger partial charge in [-0.2, -0.15) is 5.10 Å². The largest absolute Gasteiger partial charge is 0.310 e. The molecule has 0 atom stereocenters. The maximum atomic E-state index is 12.8. The Kier molecular flexibility index (Phi) is 3.72. The number of nitrogens with zero attached hydrogens (tertiary/aromatic N) is 1. The lowest BCUT2D eigenvalue weighted by atomic mass is 9.64. The number of aryl methyl sites for hydroxylation is 1. The van der Waals surface area contributed by atoms with Gasteiger partial charge < -0.3 is 5.32 Å². The van der Waals surface area contributed by atoms with Crippen LogP contribution in [-0.2, 0) is 16.6 Å². The Hall–Kier alpha value is -1.81. The lowest BCUT2D eigenvalue weighted by Crippen LogP contribution is -2.46. The number of H-pyrrole nitrogens is 1. The SMILES string of the molecule is CCc1cn[nH]c1NC(=O)C1(c2cccc(Cl)c2)CCC1. The molecule has 3 rings (SSSR count). The van der Waals surface area contributed by atoms with Crippen molar-refractivity contribution < 1.29 is 4.79 Å². The van der Waals surface area contributed by atoms with Crippen molar-refractivity contribution in [3.05, 3.63) is 46.6 Å². The van der Waals surface area contributed by atoms with E-state index in [9.17, 15) is 4.79 Å². The van der Waals surface area contributed by atoms with Crippen molar-refractivity contribution in [2.45, 2.75) is 38.0 Å². The Morgan fingerprint density at radius 3 is 2.90 bits per heavy atom. The molecule has 1 amide bonds. The first-order valence-electron chi connectivity index (χ1n) is 7.25. The molecule has 0 radical (unpaired) electrons. The van der Waals surface area contributed by atoms with Crippen LogP contribution in [0.5, 0.6) is 0 Å². The average Bonchev–Trinajstić information content (AvgIpc) is 2.84. The summed E-state index contributed by atoms with van der Waals surface area (Å²) in [4.78, 5) is 12.8. The fourth-order valence-corrected chi connectivity index (χ4v) is 3.07. The van der Waals surface area contributed by atoms with Gasteiger partial charge in [-0.1, -0.05) is 37.1 Å². The van der Waals surface area contributed by atoms with E-state index in [2.05, 4.69) is 15.5 Å². The zero-order valence-corrected chi connectivity index (χ0v) is 12.7. The van der Waals surface area contributed by atoms with E-state index in [1.165, 1.54) is 0 Å². The third-order valence-electron chi connectivity index (χ3n) is 4.36. The Morgan fingerprint density at radius 1 is 1.48 bits per heavy atom. The Bertz CT molecular complexity index is 661. The molecule has 0 unspecified atom stereocenters. The first-order valence-corrected chi connectivity index (χ1v) is 7.63. The van der Waals surface area contributed by atoms with Crippen LogP contribution in [0.1, 0.15) is 37.3 Å². The maximum Gasteiger partial charge on any atom is 0.236 e. The minimum atomic E-state index is -0.457. The van der Waals surface area contributed by atoms with Gasteiger partial charge in [0.15, 0.2) is 0 Å². The zero-order valence-electron chi connectivity index (χ0n) is 11.9. The number of aromatic amines is 1. The van der Waals surface area contributed by atoms with Gasteiger partial charge in [-0.15, -0.1) is 0 Å². The van der Waals surface area contributed by atoms with E-state index in [0.717, 1.165) is 36.8 Å². The van der Waals surface area contributed by atoms with Crippen molar-refractivity contribution in [2.75, 3.05) is 5.32 Å². The van der Waals surface area contributed by atoms with Gasteiger partial charge in [-0.05, 0) is 37.0 Å². The molecule has 0 aliphatic heterocycles. The number of aromatic nitrogens is 2. The number of amides is 1.